The van der Waals surface area contributed by atoms with Gasteiger partial charge in [-0.2, -0.15) is 0 Å². The monoisotopic (exact) mass is 276 g/mol. The molecule has 1 fully saturated rings. The molecule has 0 unspecified atom stereocenters. The van der Waals surface area contributed by atoms with E-state index in [4.69, 9.17) is 9.47 Å². The molecule has 1 saturated heterocycles. The minimum absolute atomic E-state index is 0.165. The van der Waals surface area contributed by atoms with Crippen LogP contribution in [0.15, 0.2) is 18.2 Å². The van der Waals surface area contributed by atoms with Gasteiger partial charge in [0, 0.05) is 26.2 Å². The molecule has 2 aliphatic rings. The molecule has 1 N–H and O–H groups in total. The summed E-state index contributed by atoms with van der Waals surface area (Å²) in [5, 5.41) is 3.26. The summed E-state index contributed by atoms with van der Waals surface area (Å²) in [5.41, 5.74) is 0.406. The van der Waals surface area contributed by atoms with Crippen LogP contribution >= 0.6 is 0 Å². The van der Waals surface area contributed by atoms with E-state index in [0.717, 1.165) is 43.2 Å². The first-order valence-corrected chi connectivity index (χ1v) is 6.99. The Morgan fingerprint density at radius 2 is 1.90 bits per heavy atom. The van der Waals surface area contributed by atoms with E-state index in [-0.39, 0.29) is 12.7 Å². The summed E-state index contributed by atoms with van der Waals surface area (Å²) in [7, 11) is 0. The van der Waals surface area contributed by atoms with Crippen molar-refractivity contribution < 1.29 is 14.3 Å². The average molecular weight is 276 g/mol. The van der Waals surface area contributed by atoms with E-state index in [2.05, 4.69) is 5.32 Å². The van der Waals surface area contributed by atoms with E-state index in [1.165, 1.54) is 0 Å². The number of piperazine rings is 1. The number of ether oxygens (including phenoxy) is 2. The quantitative estimate of drug-likeness (QED) is 0.879. The smallest absolute Gasteiger partial charge is 0.232 e. The maximum absolute atomic E-state index is 12.7. The van der Waals surface area contributed by atoms with Crippen LogP contribution in [0.5, 0.6) is 11.5 Å². The van der Waals surface area contributed by atoms with Crippen LogP contribution in [0.3, 0.4) is 0 Å². The van der Waals surface area contributed by atoms with E-state index in [0.29, 0.717) is 0 Å². The topological polar surface area (TPSA) is 50.8 Å². The fourth-order valence-electron chi connectivity index (χ4n) is 2.67. The maximum Gasteiger partial charge on any atom is 0.232 e. The van der Waals surface area contributed by atoms with Gasteiger partial charge in [-0.15, -0.1) is 0 Å². The van der Waals surface area contributed by atoms with Gasteiger partial charge in [-0.1, -0.05) is 6.07 Å². The van der Waals surface area contributed by atoms with Crippen LogP contribution < -0.4 is 14.8 Å². The van der Waals surface area contributed by atoms with Gasteiger partial charge in [0.1, 0.15) is 0 Å². The Bertz CT molecular complexity index is 522. The largest absolute Gasteiger partial charge is 0.454 e. The van der Waals surface area contributed by atoms with Crippen molar-refractivity contribution in [3.63, 3.8) is 0 Å². The van der Waals surface area contributed by atoms with Crippen molar-refractivity contribution in [3.8, 4) is 11.5 Å². The minimum atomic E-state index is -0.557. The zero-order chi connectivity index (χ0) is 14.2. The SMILES string of the molecule is CC(C)(C(=O)N1CCNCC1)c1ccc2c(c1)OCO2. The molecule has 20 heavy (non-hydrogen) atoms. The van der Waals surface area contributed by atoms with Gasteiger partial charge in [-0.3, -0.25) is 4.79 Å². The number of carbonyl (C=O) groups excluding carboxylic acids is 1. The van der Waals surface area contributed by atoms with E-state index in [9.17, 15) is 4.79 Å². The van der Waals surface area contributed by atoms with Crippen LogP contribution in [0, 0.1) is 0 Å². The van der Waals surface area contributed by atoms with Crippen LogP contribution in [0.1, 0.15) is 19.4 Å². The first-order valence-electron chi connectivity index (χ1n) is 6.99. The minimum Gasteiger partial charge on any atom is -0.454 e. The highest BCUT2D eigenvalue weighted by Crippen LogP contribution is 2.37. The summed E-state index contributed by atoms with van der Waals surface area (Å²) in [6, 6.07) is 5.75. The van der Waals surface area contributed by atoms with Gasteiger partial charge >= 0.3 is 0 Å². The predicted molar refractivity (Wildman–Crippen MR) is 75.0 cm³/mol. The number of rotatable bonds is 2. The number of benzene rings is 1. The molecule has 0 bridgehead atoms. The molecular formula is C15H20N2O3. The third-order valence-corrected chi connectivity index (χ3v) is 4.03. The average Bonchev–Trinajstić information content (AvgIpc) is 2.94. The Balaban J connectivity index is 1.84. The molecule has 0 saturated carbocycles. The fraction of sp³-hybridized carbons (Fsp3) is 0.533. The lowest BCUT2D eigenvalue weighted by molar-refractivity contribution is -0.136. The Kier molecular flexibility index (Phi) is 3.30. The molecule has 0 atom stereocenters. The Hall–Kier alpha value is -1.75. The first-order chi connectivity index (χ1) is 9.59. The van der Waals surface area contributed by atoms with Crippen LogP contribution in [-0.2, 0) is 10.2 Å². The van der Waals surface area contributed by atoms with Crippen LogP contribution in [-0.4, -0.2) is 43.8 Å². The maximum atomic E-state index is 12.7. The van der Waals surface area contributed by atoms with Gasteiger partial charge < -0.3 is 19.7 Å². The lowest BCUT2D eigenvalue weighted by Gasteiger charge is -2.35. The lowest BCUT2D eigenvalue weighted by Crippen LogP contribution is -2.51. The second kappa shape index (κ2) is 4.98. The molecule has 0 radical (unpaired) electrons. The van der Waals surface area contributed by atoms with Crippen molar-refractivity contribution in [3.05, 3.63) is 23.8 Å². The van der Waals surface area contributed by atoms with Gasteiger partial charge in [-0.25, -0.2) is 0 Å². The molecule has 1 aromatic carbocycles. The molecule has 2 heterocycles. The van der Waals surface area contributed by atoms with Gasteiger partial charge in [-0.05, 0) is 31.5 Å². The highest BCUT2D eigenvalue weighted by Gasteiger charge is 2.35. The fourth-order valence-corrected chi connectivity index (χ4v) is 2.67. The number of hydrogen-bond acceptors (Lipinski definition) is 4. The Morgan fingerprint density at radius 3 is 2.65 bits per heavy atom. The van der Waals surface area contributed by atoms with Crippen molar-refractivity contribution in [1.82, 2.24) is 10.2 Å². The molecule has 1 aromatic rings. The van der Waals surface area contributed by atoms with Crippen molar-refractivity contribution in [2.45, 2.75) is 19.3 Å². The third kappa shape index (κ3) is 2.22. The van der Waals surface area contributed by atoms with Crippen LogP contribution in [0.25, 0.3) is 0 Å². The number of nitrogens with zero attached hydrogens (tertiary/aromatic N) is 1. The summed E-state index contributed by atoms with van der Waals surface area (Å²) in [5.74, 6) is 1.64. The number of carbonyl (C=O) groups is 1. The van der Waals surface area contributed by atoms with Crippen molar-refractivity contribution >= 4 is 5.91 Å². The molecule has 108 valence electrons. The molecule has 0 spiro atoms. The zero-order valence-corrected chi connectivity index (χ0v) is 11.9. The highest BCUT2D eigenvalue weighted by molar-refractivity contribution is 5.87. The van der Waals surface area contributed by atoms with E-state index >= 15 is 0 Å². The van der Waals surface area contributed by atoms with Crippen molar-refractivity contribution in [1.29, 1.82) is 0 Å². The molecule has 0 aromatic heterocycles. The first kappa shape index (κ1) is 13.2. The third-order valence-electron chi connectivity index (χ3n) is 4.03. The molecule has 2 aliphatic heterocycles. The number of amides is 1. The number of nitrogens with one attached hydrogen (secondary N) is 1. The molecule has 5 heteroatoms. The summed E-state index contributed by atoms with van der Waals surface area (Å²) in [6.07, 6.45) is 0. The van der Waals surface area contributed by atoms with Gasteiger partial charge in [0.25, 0.3) is 0 Å². The number of hydrogen-bond donors (Lipinski definition) is 1. The Labute approximate surface area is 118 Å². The van der Waals surface area contributed by atoms with Crippen molar-refractivity contribution in [2.24, 2.45) is 0 Å². The summed E-state index contributed by atoms with van der Waals surface area (Å²) < 4.78 is 10.7. The predicted octanol–water partition coefficient (Wildman–Crippen LogP) is 1.12. The second-order valence-electron chi connectivity index (χ2n) is 5.74. The molecule has 3 rings (SSSR count). The summed E-state index contributed by atoms with van der Waals surface area (Å²) in [4.78, 5) is 14.7. The van der Waals surface area contributed by atoms with E-state index in [1.807, 2.05) is 36.9 Å². The molecule has 0 aliphatic carbocycles. The van der Waals surface area contributed by atoms with Crippen molar-refractivity contribution in [2.75, 3.05) is 33.0 Å². The van der Waals surface area contributed by atoms with Crippen LogP contribution in [0.4, 0.5) is 0 Å². The lowest BCUT2D eigenvalue weighted by atomic mass is 9.83. The highest BCUT2D eigenvalue weighted by atomic mass is 16.7. The summed E-state index contributed by atoms with van der Waals surface area (Å²) in [6.45, 7) is 7.46. The van der Waals surface area contributed by atoms with Crippen LogP contribution in [0.2, 0.25) is 0 Å². The number of fused-ring (bicyclic) bond motifs is 1. The molecular weight excluding hydrogens is 256 g/mol. The second-order valence-corrected chi connectivity index (χ2v) is 5.74. The van der Waals surface area contributed by atoms with Gasteiger partial charge in [0.2, 0.25) is 12.7 Å². The van der Waals surface area contributed by atoms with E-state index < -0.39 is 5.41 Å². The Morgan fingerprint density at radius 1 is 1.20 bits per heavy atom. The van der Waals surface area contributed by atoms with E-state index in [1.54, 1.807) is 0 Å². The summed E-state index contributed by atoms with van der Waals surface area (Å²) >= 11 is 0. The van der Waals surface area contributed by atoms with Gasteiger partial charge in [0.15, 0.2) is 11.5 Å². The van der Waals surface area contributed by atoms with Gasteiger partial charge in [0.05, 0.1) is 5.41 Å². The normalized spacial score (nSPS) is 18.2. The zero-order valence-electron chi connectivity index (χ0n) is 11.9. The molecule has 5 nitrogen and oxygen atoms in total. The molecule has 1 amide bonds. The standard InChI is InChI=1S/C15H20N2O3/c1-15(2,14(18)17-7-5-16-6-8-17)11-3-4-12-13(9-11)20-10-19-12/h3-4,9,16H,5-8,10H2,1-2H3.